The monoisotopic (exact) mass is 351 g/mol. The Kier molecular flexibility index (Phi) is 3.73. The van der Waals surface area contributed by atoms with Crippen molar-refractivity contribution >= 4 is 17.7 Å². The van der Waals surface area contributed by atoms with Crippen molar-refractivity contribution in [2.24, 2.45) is 23.2 Å². The van der Waals surface area contributed by atoms with Crippen LogP contribution in [-0.4, -0.2) is 60.3 Å². The first-order chi connectivity index (χ1) is 11.6. The molecule has 4 nitrogen and oxygen atoms in total. The van der Waals surface area contributed by atoms with Gasteiger partial charge in [0.15, 0.2) is 0 Å². The number of nitrogens with zero attached hydrogens (tertiary/aromatic N) is 1. The summed E-state index contributed by atoms with van der Waals surface area (Å²) in [6, 6.07) is 0. The maximum Gasteiger partial charge on any atom is 0.310 e. The van der Waals surface area contributed by atoms with E-state index in [1.807, 2.05) is 11.8 Å². The molecule has 134 valence electrons. The topological polar surface area (TPSA) is 42.1 Å². The highest BCUT2D eigenvalue weighted by atomic mass is 32.2. The Balaban J connectivity index is 1.36. The molecule has 1 spiro atoms. The zero-order chi connectivity index (χ0) is 16.4. The van der Waals surface area contributed by atoms with Crippen LogP contribution in [0.3, 0.4) is 0 Å². The Hall–Kier alpha value is -0.260. The van der Waals surface area contributed by atoms with Gasteiger partial charge in [0.25, 0.3) is 0 Å². The quantitative estimate of drug-likeness (QED) is 0.565. The molecule has 5 aliphatic rings. The van der Waals surface area contributed by atoms with Gasteiger partial charge in [0.1, 0.15) is 6.10 Å². The number of thioether (sulfide) groups is 1. The van der Waals surface area contributed by atoms with Gasteiger partial charge in [-0.2, -0.15) is 11.8 Å². The van der Waals surface area contributed by atoms with Crippen LogP contribution >= 0.6 is 11.8 Å². The molecular formula is C19H29NO3S. The third-order valence-electron chi connectivity index (χ3n) is 7.64. The fraction of sp³-hybridized carbons (Fsp3) is 0.947. The summed E-state index contributed by atoms with van der Waals surface area (Å²) in [5, 5.41) is 0. The van der Waals surface area contributed by atoms with Gasteiger partial charge in [-0.25, -0.2) is 0 Å². The summed E-state index contributed by atoms with van der Waals surface area (Å²) in [6.07, 6.45) is 6.14. The zero-order valence-corrected chi connectivity index (χ0v) is 15.5. The van der Waals surface area contributed by atoms with Crippen molar-refractivity contribution in [2.75, 3.05) is 37.7 Å². The van der Waals surface area contributed by atoms with Gasteiger partial charge >= 0.3 is 5.97 Å². The van der Waals surface area contributed by atoms with Crippen LogP contribution in [0.15, 0.2) is 0 Å². The van der Waals surface area contributed by atoms with Crippen LogP contribution in [0.25, 0.3) is 0 Å². The van der Waals surface area contributed by atoms with Crippen molar-refractivity contribution in [3.05, 3.63) is 0 Å². The molecular weight excluding hydrogens is 322 g/mol. The number of carbonyl (C=O) groups excluding carboxylic acids is 1. The largest absolute Gasteiger partial charge is 0.462 e. The number of epoxide rings is 1. The molecule has 0 N–H and O–H groups in total. The van der Waals surface area contributed by atoms with Crippen LogP contribution < -0.4 is 0 Å². The molecule has 5 heteroatoms. The van der Waals surface area contributed by atoms with E-state index in [-0.39, 0.29) is 23.6 Å². The normalized spacial score (nSPS) is 51.1. The van der Waals surface area contributed by atoms with E-state index in [9.17, 15) is 4.79 Å². The van der Waals surface area contributed by atoms with E-state index >= 15 is 0 Å². The highest BCUT2D eigenvalue weighted by Crippen LogP contribution is 2.62. The second kappa shape index (κ2) is 5.62. The average molecular weight is 352 g/mol. The molecule has 5 rings (SSSR count). The Morgan fingerprint density at radius 1 is 1.29 bits per heavy atom. The van der Waals surface area contributed by atoms with Gasteiger partial charge in [-0.15, -0.1) is 0 Å². The van der Waals surface area contributed by atoms with Crippen molar-refractivity contribution in [3.8, 4) is 0 Å². The molecule has 0 aromatic heterocycles. The van der Waals surface area contributed by atoms with Crippen molar-refractivity contribution in [2.45, 2.75) is 50.7 Å². The summed E-state index contributed by atoms with van der Waals surface area (Å²) >= 11 is 2.03. The average Bonchev–Trinajstić information content (AvgIpc) is 3.27. The minimum atomic E-state index is 0.0799. The second-order valence-electron chi connectivity index (χ2n) is 9.01. The summed E-state index contributed by atoms with van der Waals surface area (Å²) in [4.78, 5) is 15.1. The first-order valence-electron chi connectivity index (χ1n) is 9.74. The molecule has 0 radical (unpaired) electrons. The van der Waals surface area contributed by atoms with Gasteiger partial charge in [-0.05, 0) is 43.4 Å². The number of hydrogen-bond acceptors (Lipinski definition) is 5. The highest BCUT2D eigenvalue weighted by molar-refractivity contribution is 7.99. The molecule has 0 unspecified atom stereocenters. The molecule has 0 amide bonds. The molecule has 0 bridgehead atoms. The second-order valence-corrected chi connectivity index (χ2v) is 10.2. The van der Waals surface area contributed by atoms with Crippen LogP contribution in [0.5, 0.6) is 0 Å². The van der Waals surface area contributed by atoms with E-state index < -0.39 is 0 Å². The summed E-state index contributed by atoms with van der Waals surface area (Å²) in [5.74, 6) is 3.64. The molecule has 3 aliphatic heterocycles. The van der Waals surface area contributed by atoms with Gasteiger partial charge in [0.05, 0.1) is 18.1 Å². The lowest BCUT2D eigenvalue weighted by atomic mass is 9.53. The summed E-state index contributed by atoms with van der Waals surface area (Å²) < 4.78 is 11.9. The van der Waals surface area contributed by atoms with Crippen LogP contribution in [0.1, 0.15) is 39.0 Å². The lowest BCUT2D eigenvalue weighted by molar-refractivity contribution is -0.147. The van der Waals surface area contributed by atoms with Gasteiger partial charge in [-0.3, -0.25) is 4.79 Å². The Bertz CT molecular complexity index is 531. The first kappa shape index (κ1) is 16.0. The van der Waals surface area contributed by atoms with Crippen LogP contribution in [0, 0.1) is 23.2 Å². The Labute approximate surface area is 149 Å². The fourth-order valence-corrected chi connectivity index (χ4v) is 7.21. The molecule has 2 saturated carbocycles. The van der Waals surface area contributed by atoms with E-state index in [2.05, 4.69) is 11.8 Å². The van der Waals surface area contributed by atoms with Crippen molar-refractivity contribution in [3.63, 3.8) is 0 Å². The van der Waals surface area contributed by atoms with Crippen LogP contribution in [-0.2, 0) is 14.3 Å². The zero-order valence-electron chi connectivity index (χ0n) is 14.7. The maximum absolute atomic E-state index is 12.6. The number of carbonyl (C=O) groups is 1. The molecule has 3 heterocycles. The van der Waals surface area contributed by atoms with E-state index in [1.54, 1.807) is 0 Å². The van der Waals surface area contributed by atoms with E-state index in [1.165, 1.54) is 30.8 Å². The SMILES string of the molecule is C[C@]12CCC[C@]3(CO3)[C@H]1C[C@H]1[C@@H](C2)OC(=O)[C@@H]1CN1CCSCC1. The van der Waals surface area contributed by atoms with Crippen LogP contribution in [0.2, 0.25) is 0 Å². The minimum Gasteiger partial charge on any atom is -0.462 e. The number of hydrogen-bond donors (Lipinski definition) is 0. The minimum absolute atomic E-state index is 0.0799. The van der Waals surface area contributed by atoms with Gasteiger partial charge < -0.3 is 14.4 Å². The van der Waals surface area contributed by atoms with E-state index in [0.29, 0.717) is 17.3 Å². The molecule has 0 aromatic rings. The molecule has 24 heavy (non-hydrogen) atoms. The molecule has 3 saturated heterocycles. The summed E-state index contributed by atoms with van der Waals surface area (Å²) in [5.41, 5.74) is 0.475. The summed E-state index contributed by atoms with van der Waals surface area (Å²) in [6.45, 7) is 6.55. The fourth-order valence-electron chi connectivity index (χ4n) is 6.23. The van der Waals surface area contributed by atoms with E-state index in [0.717, 1.165) is 39.1 Å². The molecule has 0 aromatic carbocycles. The van der Waals surface area contributed by atoms with Crippen molar-refractivity contribution in [1.29, 1.82) is 0 Å². The molecule has 5 fully saturated rings. The van der Waals surface area contributed by atoms with Crippen LogP contribution in [0.4, 0.5) is 0 Å². The van der Waals surface area contributed by atoms with Crippen molar-refractivity contribution in [1.82, 2.24) is 4.90 Å². The predicted molar refractivity (Wildman–Crippen MR) is 94.0 cm³/mol. The molecule has 2 aliphatic carbocycles. The van der Waals surface area contributed by atoms with Crippen molar-refractivity contribution < 1.29 is 14.3 Å². The lowest BCUT2D eigenvalue weighted by Crippen LogP contribution is -2.51. The maximum atomic E-state index is 12.6. The number of ether oxygens (including phenoxy) is 2. The Morgan fingerprint density at radius 2 is 2.08 bits per heavy atom. The third kappa shape index (κ3) is 2.45. The van der Waals surface area contributed by atoms with Gasteiger partial charge in [0.2, 0.25) is 0 Å². The number of fused-ring (bicyclic) bond motifs is 3. The summed E-state index contributed by atoms with van der Waals surface area (Å²) in [7, 11) is 0. The standard InChI is InChI=1S/C19H29NO3S/c1-18-3-2-4-19(12-22-19)16(18)9-13-14(17(21)23-15(13)10-18)11-20-5-7-24-8-6-20/h13-16H,2-12H2,1H3/t13-,14-,15-,16+,18-,19+/m1/s1. The third-order valence-corrected chi connectivity index (χ3v) is 8.58. The number of rotatable bonds is 2. The number of esters is 1. The molecule has 6 atom stereocenters. The van der Waals surface area contributed by atoms with Gasteiger partial charge in [-0.1, -0.05) is 6.92 Å². The lowest BCUT2D eigenvalue weighted by Gasteiger charge is -2.51. The van der Waals surface area contributed by atoms with E-state index in [4.69, 9.17) is 9.47 Å². The predicted octanol–water partition coefficient (Wildman–Crippen LogP) is 2.56. The van der Waals surface area contributed by atoms with Gasteiger partial charge in [0, 0.05) is 37.1 Å². The Morgan fingerprint density at radius 3 is 2.83 bits per heavy atom. The highest BCUT2D eigenvalue weighted by Gasteiger charge is 2.65. The first-order valence-corrected chi connectivity index (χ1v) is 10.9. The smallest absolute Gasteiger partial charge is 0.310 e.